The molecule has 0 aliphatic rings. The van der Waals surface area contributed by atoms with E-state index in [1.54, 1.807) is 0 Å². The van der Waals surface area contributed by atoms with E-state index in [0.717, 1.165) is 6.42 Å². The number of hydrogen-bond donors (Lipinski definition) is 0. The van der Waals surface area contributed by atoms with Gasteiger partial charge in [0.25, 0.3) is 0 Å². The zero-order valence-electron chi connectivity index (χ0n) is 19.4. The van der Waals surface area contributed by atoms with Crippen LogP contribution in [0.3, 0.4) is 0 Å². The molecule has 2 rings (SSSR count). The third-order valence-corrected chi connectivity index (χ3v) is 3.56. The van der Waals surface area contributed by atoms with Crippen molar-refractivity contribution < 1.29 is 14.3 Å². The van der Waals surface area contributed by atoms with Crippen LogP contribution in [0.15, 0.2) is 30.3 Å². The fourth-order valence-electron chi connectivity index (χ4n) is 2.97. The Bertz CT molecular complexity index is 555. The molecule has 2 aromatic carbocycles. The van der Waals surface area contributed by atoms with Crippen LogP contribution in [0.25, 0.3) is 0 Å². The van der Waals surface area contributed by atoms with Crippen LogP contribution in [-0.2, 0) is 20.7 Å². The van der Waals surface area contributed by atoms with E-state index in [2.05, 4.69) is 119 Å². The number of rotatable bonds is 1. The molecule has 0 saturated carbocycles. The fraction of sp³-hybridized carbons (Fsp3) is 0.440. The van der Waals surface area contributed by atoms with Crippen molar-refractivity contribution in [3.63, 3.8) is 0 Å². The van der Waals surface area contributed by atoms with Crippen LogP contribution < -0.4 is 0 Å². The minimum absolute atomic E-state index is 0. The number of hydrogen-bond acceptors (Lipinski definition) is 1. The normalized spacial score (nSPS) is 7.69. The molecule has 0 unspecified atom stereocenters. The van der Waals surface area contributed by atoms with Crippen LogP contribution in [0.2, 0.25) is 0 Å². The van der Waals surface area contributed by atoms with Crippen molar-refractivity contribution in [2.45, 2.75) is 76.2 Å². The van der Waals surface area contributed by atoms with E-state index in [4.69, 9.17) is 4.79 Å². The van der Waals surface area contributed by atoms with Crippen LogP contribution in [0.1, 0.15) is 67.1 Å². The molecular weight excluding hydrogens is 621 g/mol. The molecule has 0 N–H and O–H groups in total. The summed E-state index contributed by atoms with van der Waals surface area (Å²) < 4.78 is 0. The Balaban J connectivity index is -0.0000000970. The summed E-state index contributed by atoms with van der Waals surface area (Å²) in [5, 5.41) is 0. The van der Waals surface area contributed by atoms with Gasteiger partial charge in [0, 0.05) is 0 Å². The Labute approximate surface area is 212 Å². The minimum atomic E-state index is 0. The van der Waals surface area contributed by atoms with Gasteiger partial charge in [-0.05, 0) is 64.7 Å². The van der Waals surface area contributed by atoms with Gasteiger partial charge in [0.1, 0.15) is 6.79 Å². The average Bonchev–Trinajstić information content (AvgIpc) is 2.58. The standard InChI is InChI=1S/C11H16.C9H12.C2H6.CH2O.CH4.CH3.2HI.V/c1-5-11-9(3)6-8(2)7-10(11)4;1-7-4-8(2)6-9(3)5-7;2*1-2;;;;;/h6-7H,5H2,1-4H3;4-6H,1-3H3;1-2H3;1H2;1H4;1H3;2*1H;/q;;;;;-1;;;+2/p-2. The summed E-state index contributed by atoms with van der Waals surface area (Å²) in [6.07, 6.45) is 1.15. The Morgan fingerprint density at radius 2 is 0.931 bits per heavy atom. The third-order valence-electron chi connectivity index (χ3n) is 3.56. The van der Waals surface area contributed by atoms with Crippen LogP contribution in [0.5, 0.6) is 0 Å². The second-order valence-electron chi connectivity index (χ2n) is 5.96. The molecule has 0 radical (unpaired) electrons. The van der Waals surface area contributed by atoms with Crippen LogP contribution in [0.4, 0.5) is 0 Å². The molecule has 0 heterocycles. The molecule has 0 fully saturated rings. The van der Waals surface area contributed by atoms with E-state index < -0.39 is 0 Å². The maximum absolute atomic E-state index is 8.00. The molecule has 0 aliphatic carbocycles. The van der Waals surface area contributed by atoms with Crippen molar-refractivity contribution in [2.75, 3.05) is 0 Å². The molecule has 0 atom stereocenters. The van der Waals surface area contributed by atoms with Crippen molar-refractivity contribution in [3.8, 4) is 0 Å². The maximum atomic E-state index is 8.00. The van der Waals surface area contributed by atoms with Crippen LogP contribution in [0, 0.1) is 49.0 Å². The summed E-state index contributed by atoms with van der Waals surface area (Å²) in [7, 11) is 0.628. The summed E-state index contributed by atoms with van der Waals surface area (Å²) in [5.74, 6) is 0. The van der Waals surface area contributed by atoms with Gasteiger partial charge in [-0.1, -0.05) is 80.8 Å². The van der Waals surface area contributed by atoms with E-state index >= 15 is 0 Å². The van der Waals surface area contributed by atoms with Gasteiger partial charge < -0.3 is 12.2 Å². The van der Waals surface area contributed by atoms with Crippen molar-refractivity contribution in [2.24, 2.45) is 0 Å². The molecule has 2 aromatic rings. The Hall–Kier alpha value is 0.154. The predicted octanol–water partition coefficient (Wildman–Crippen LogP) is 9.48. The average molecular weight is 664 g/mol. The number of carbonyl (C=O) groups excluding carboxylic acids is 1. The van der Waals surface area contributed by atoms with Crippen molar-refractivity contribution >= 4 is 46.7 Å². The van der Waals surface area contributed by atoms with Crippen molar-refractivity contribution in [3.05, 3.63) is 76.7 Å². The first-order valence-corrected chi connectivity index (χ1v) is 18.1. The molecule has 0 spiro atoms. The van der Waals surface area contributed by atoms with Crippen molar-refractivity contribution in [1.29, 1.82) is 0 Å². The quantitative estimate of drug-likeness (QED) is 0.219. The Kier molecular flexibility index (Phi) is 35.8. The molecule has 0 bridgehead atoms. The molecule has 29 heavy (non-hydrogen) atoms. The molecule has 169 valence electrons. The molecule has 0 aliphatic heterocycles. The van der Waals surface area contributed by atoms with Crippen molar-refractivity contribution in [1.82, 2.24) is 0 Å². The van der Waals surface area contributed by atoms with E-state index in [-0.39, 0.29) is 14.9 Å². The van der Waals surface area contributed by atoms with E-state index in [1.807, 2.05) is 20.6 Å². The van der Waals surface area contributed by atoms with Gasteiger partial charge >= 0.3 is 49.4 Å². The zero-order valence-corrected chi connectivity index (χ0v) is 25.1. The van der Waals surface area contributed by atoms with Gasteiger partial charge in [0.2, 0.25) is 0 Å². The first-order chi connectivity index (χ1) is 12.7. The van der Waals surface area contributed by atoms with E-state index in [9.17, 15) is 0 Å². The van der Waals surface area contributed by atoms with Gasteiger partial charge in [-0.25, -0.2) is 0 Å². The summed E-state index contributed by atoms with van der Waals surface area (Å²) in [6.45, 7) is 21.1. The number of halogens is 2. The second kappa shape index (κ2) is 26.2. The van der Waals surface area contributed by atoms with Gasteiger partial charge in [0.05, 0.1) is 0 Å². The number of aryl methyl sites for hydroxylation is 6. The molecule has 0 amide bonds. The fourth-order valence-corrected chi connectivity index (χ4v) is 2.97. The number of carbonyl (C=O) groups is 1. The van der Waals surface area contributed by atoms with Gasteiger partial charge in [-0.3, -0.25) is 0 Å². The first kappa shape index (κ1) is 39.6. The van der Waals surface area contributed by atoms with Crippen LogP contribution in [-0.4, -0.2) is 6.79 Å². The predicted molar refractivity (Wildman–Crippen MR) is 150 cm³/mol. The first-order valence-electron chi connectivity index (χ1n) is 9.07. The second-order valence-corrected chi connectivity index (χ2v) is 17.7. The van der Waals surface area contributed by atoms with Gasteiger partial charge in [0.15, 0.2) is 0 Å². The van der Waals surface area contributed by atoms with Crippen LogP contribution >= 0.6 is 40.0 Å². The van der Waals surface area contributed by atoms with E-state index in [1.165, 1.54) is 38.9 Å². The monoisotopic (exact) mass is 664 g/mol. The summed E-state index contributed by atoms with van der Waals surface area (Å²) in [5.41, 5.74) is 9.82. The van der Waals surface area contributed by atoms with Gasteiger partial charge in [-0.2, -0.15) is 0 Å². The Morgan fingerprint density at radius 3 is 1.14 bits per heavy atom. The molecule has 4 heteroatoms. The Morgan fingerprint density at radius 1 is 0.724 bits per heavy atom. The van der Waals surface area contributed by atoms with Gasteiger partial charge in [-0.15, -0.1) is 0 Å². The molecule has 1 nitrogen and oxygen atoms in total. The molecule has 0 aromatic heterocycles. The zero-order chi connectivity index (χ0) is 22.0. The third kappa shape index (κ3) is 21.2. The van der Waals surface area contributed by atoms with E-state index in [0.29, 0.717) is 9.47 Å². The SMILES string of the molecule is C.C=O.CC.CCc1c(C)cc(C)cc1C.Cc1cc(C)cc(C)c1.[CH3-].[I][V][I]. The number of benzene rings is 2. The summed E-state index contributed by atoms with van der Waals surface area (Å²) in [4.78, 5) is 8.00. The topological polar surface area (TPSA) is 17.1 Å². The molecule has 0 saturated heterocycles. The summed E-state index contributed by atoms with van der Waals surface area (Å²) in [6, 6.07) is 11.1. The molecular formula is C25H43I2OV-. The summed E-state index contributed by atoms with van der Waals surface area (Å²) >= 11 is 4.74.